The highest BCUT2D eigenvalue weighted by Gasteiger charge is 2.39. The van der Waals surface area contributed by atoms with Gasteiger partial charge in [-0.2, -0.15) is 0 Å². The first-order valence-corrected chi connectivity index (χ1v) is 6.28. The minimum atomic E-state index is -0.398. The number of hydrogen-bond acceptors (Lipinski definition) is 3. The third-order valence-electron chi connectivity index (χ3n) is 3.83. The molecule has 0 radical (unpaired) electrons. The lowest BCUT2D eigenvalue weighted by Gasteiger charge is -2.24. The molecule has 17 heavy (non-hydrogen) atoms. The molecule has 1 aliphatic carbocycles. The van der Waals surface area contributed by atoms with Crippen LogP contribution in [-0.2, 0) is 14.4 Å². The normalized spacial score (nSPS) is 28.6. The summed E-state index contributed by atoms with van der Waals surface area (Å²) < 4.78 is 0. The summed E-state index contributed by atoms with van der Waals surface area (Å²) >= 11 is 0. The second kappa shape index (κ2) is 5.11. The van der Waals surface area contributed by atoms with Crippen LogP contribution >= 0.6 is 0 Å². The molecule has 0 amide bonds. The Hall–Kier alpha value is -0.990. The van der Waals surface area contributed by atoms with E-state index in [1.54, 1.807) is 6.92 Å². The molecule has 0 N–H and O–H groups in total. The van der Waals surface area contributed by atoms with E-state index >= 15 is 0 Å². The number of hydrogen-bond donors (Lipinski definition) is 0. The highest BCUT2D eigenvalue weighted by atomic mass is 16.1. The van der Waals surface area contributed by atoms with E-state index in [-0.39, 0.29) is 35.6 Å². The maximum atomic E-state index is 12.3. The molecule has 3 nitrogen and oxygen atoms in total. The van der Waals surface area contributed by atoms with E-state index in [4.69, 9.17) is 0 Å². The van der Waals surface area contributed by atoms with Crippen molar-refractivity contribution >= 4 is 17.3 Å². The van der Waals surface area contributed by atoms with Crippen molar-refractivity contribution in [2.24, 2.45) is 17.3 Å². The number of carbonyl (C=O) groups excluding carboxylic acids is 3. The van der Waals surface area contributed by atoms with Crippen LogP contribution in [0.15, 0.2) is 0 Å². The standard InChI is InChI=1S/C14H22O3/c1-9(15)7-12-8-11(10(2)16)5-6-14(3,4)13(12)17/h11-12H,5-8H2,1-4H3. The first kappa shape index (κ1) is 14.1. The van der Waals surface area contributed by atoms with Crippen LogP contribution in [0.1, 0.15) is 53.4 Å². The second-order valence-corrected chi connectivity index (χ2v) is 5.93. The summed E-state index contributed by atoms with van der Waals surface area (Å²) in [6.45, 7) is 6.93. The van der Waals surface area contributed by atoms with Gasteiger partial charge >= 0.3 is 0 Å². The van der Waals surface area contributed by atoms with E-state index in [2.05, 4.69) is 0 Å². The predicted octanol–water partition coefficient (Wildman–Crippen LogP) is 2.57. The summed E-state index contributed by atoms with van der Waals surface area (Å²) in [5.74, 6) is 0.00725. The molecule has 96 valence electrons. The smallest absolute Gasteiger partial charge is 0.142 e. The predicted molar refractivity (Wildman–Crippen MR) is 65.6 cm³/mol. The van der Waals surface area contributed by atoms with Crippen LogP contribution in [0.3, 0.4) is 0 Å². The SMILES string of the molecule is CC(=O)CC1CC(C(C)=O)CCC(C)(C)C1=O. The highest BCUT2D eigenvalue weighted by Crippen LogP contribution is 2.38. The van der Waals surface area contributed by atoms with Gasteiger partial charge in [0.1, 0.15) is 17.3 Å². The largest absolute Gasteiger partial charge is 0.300 e. The molecule has 0 spiro atoms. The van der Waals surface area contributed by atoms with Gasteiger partial charge in [0.15, 0.2) is 0 Å². The average Bonchev–Trinajstić information content (AvgIpc) is 2.29. The molecule has 0 aliphatic heterocycles. The van der Waals surface area contributed by atoms with Gasteiger partial charge < -0.3 is 4.79 Å². The van der Waals surface area contributed by atoms with Crippen LogP contribution < -0.4 is 0 Å². The molecule has 0 aromatic heterocycles. The van der Waals surface area contributed by atoms with Crippen molar-refractivity contribution < 1.29 is 14.4 Å². The fourth-order valence-electron chi connectivity index (χ4n) is 2.67. The molecule has 2 atom stereocenters. The number of ketones is 3. The van der Waals surface area contributed by atoms with Gasteiger partial charge in [0.2, 0.25) is 0 Å². The molecule has 0 aromatic carbocycles. The van der Waals surface area contributed by atoms with Crippen LogP contribution in [0, 0.1) is 17.3 Å². The topological polar surface area (TPSA) is 51.2 Å². The highest BCUT2D eigenvalue weighted by molar-refractivity contribution is 5.91. The lowest BCUT2D eigenvalue weighted by molar-refractivity contribution is -0.133. The van der Waals surface area contributed by atoms with Crippen LogP contribution in [-0.4, -0.2) is 17.3 Å². The zero-order valence-corrected chi connectivity index (χ0v) is 11.2. The molecular weight excluding hydrogens is 216 g/mol. The van der Waals surface area contributed by atoms with Crippen LogP contribution in [0.4, 0.5) is 0 Å². The van der Waals surface area contributed by atoms with Crippen molar-refractivity contribution in [1.82, 2.24) is 0 Å². The van der Waals surface area contributed by atoms with Gasteiger partial charge in [0.05, 0.1) is 0 Å². The van der Waals surface area contributed by atoms with E-state index in [1.165, 1.54) is 6.92 Å². The van der Waals surface area contributed by atoms with Crippen molar-refractivity contribution in [2.45, 2.75) is 53.4 Å². The van der Waals surface area contributed by atoms with Gasteiger partial charge in [0, 0.05) is 23.7 Å². The summed E-state index contributed by atoms with van der Waals surface area (Å²) in [5.41, 5.74) is -0.398. The molecular formula is C14H22O3. The van der Waals surface area contributed by atoms with Crippen molar-refractivity contribution in [2.75, 3.05) is 0 Å². The van der Waals surface area contributed by atoms with E-state index in [9.17, 15) is 14.4 Å². The third kappa shape index (κ3) is 3.48. The van der Waals surface area contributed by atoms with E-state index < -0.39 is 5.41 Å². The van der Waals surface area contributed by atoms with E-state index in [1.807, 2.05) is 13.8 Å². The Morgan fingerprint density at radius 1 is 1.29 bits per heavy atom. The van der Waals surface area contributed by atoms with Gasteiger partial charge in [-0.25, -0.2) is 0 Å². The summed E-state index contributed by atoms with van der Waals surface area (Å²) in [6, 6.07) is 0. The van der Waals surface area contributed by atoms with Gasteiger partial charge in [0.25, 0.3) is 0 Å². The molecule has 0 heterocycles. The van der Waals surface area contributed by atoms with Crippen molar-refractivity contribution in [1.29, 1.82) is 0 Å². The maximum Gasteiger partial charge on any atom is 0.142 e. The van der Waals surface area contributed by atoms with E-state index in [0.717, 1.165) is 12.8 Å². The van der Waals surface area contributed by atoms with Crippen molar-refractivity contribution in [3.05, 3.63) is 0 Å². The zero-order valence-electron chi connectivity index (χ0n) is 11.2. The Morgan fingerprint density at radius 3 is 2.35 bits per heavy atom. The summed E-state index contributed by atoms with van der Waals surface area (Å²) in [5, 5.41) is 0. The molecule has 0 bridgehead atoms. The molecule has 1 aliphatic rings. The van der Waals surface area contributed by atoms with E-state index in [0.29, 0.717) is 6.42 Å². The monoisotopic (exact) mass is 238 g/mol. The summed E-state index contributed by atoms with van der Waals surface area (Å²) in [6.07, 6.45) is 2.34. The Balaban J connectivity index is 2.93. The van der Waals surface area contributed by atoms with Crippen molar-refractivity contribution in [3.63, 3.8) is 0 Å². The molecule has 1 saturated carbocycles. The van der Waals surface area contributed by atoms with Gasteiger partial charge in [-0.3, -0.25) is 9.59 Å². The van der Waals surface area contributed by atoms with Gasteiger partial charge in [-0.1, -0.05) is 13.8 Å². The Morgan fingerprint density at radius 2 is 1.88 bits per heavy atom. The van der Waals surface area contributed by atoms with Crippen LogP contribution in [0.25, 0.3) is 0 Å². The summed E-state index contributed by atoms with van der Waals surface area (Å²) in [7, 11) is 0. The Labute approximate surface area is 103 Å². The van der Waals surface area contributed by atoms with Crippen molar-refractivity contribution in [3.8, 4) is 0 Å². The molecule has 1 rings (SSSR count). The van der Waals surface area contributed by atoms with Gasteiger partial charge in [-0.05, 0) is 33.1 Å². The molecule has 0 saturated heterocycles. The quantitative estimate of drug-likeness (QED) is 0.710. The fraction of sp³-hybridized carbons (Fsp3) is 0.786. The zero-order chi connectivity index (χ0) is 13.2. The number of rotatable bonds is 3. The first-order chi connectivity index (χ1) is 7.74. The summed E-state index contributed by atoms with van der Waals surface area (Å²) in [4.78, 5) is 35.0. The fourth-order valence-corrected chi connectivity index (χ4v) is 2.67. The number of Topliss-reactive ketones (excluding diaryl/α,β-unsaturated/α-hetero) is 3. The molecule has 2 unspecified atom stereocenters. The van der Waals surface area contributed by atoms with Crippen LogP contribution in [0.2, 0.25) is 0 Å². The average molecular weight is 238 g/mol. The number of carbonyl (C=O) groups is 3. The Kier molecular flexibility index (Phi) is 4.23. The minimum absolute atomic E-state index is 0.0309. The lowest BCUT2D eigenvalue weighted by atomic mass is 9.78. The third-order valence-corrected chi connectivity index (χ3v) is 3.83. The maximum absolute atomic E-state index is 12.3. The Bertz CT molecular complexity index is 341. The lowest BCUT2D eigenvalue weighted by Crippen LogP contribution is -2.30. The first-order valence-electron chi connectivity index (χ1n) is 6.28. The molecule has 3 heteroatoms. The van der Waals surface area contributed by atoms with Crippen LogP contribution in [0.5, 0.6) is 0 Å². The molecule has 0 aromatic rings. The molecule has 1 fully saturated rings. The minimum Gasteiger partial charge on any atom is -0.300 e. The van der Waals surface area contributed by atoms with Gasteiger partial charge in [-0.15, -0.1) is 0 Å². The second-order valence-electron chi connectivity index (χ2n) is 5.93.